The third-order valence-electron chi connectivity index (χ3n) is 2.36. The van der Waals surface area contributed by atoms with Crippen molar-refractivity contribution in [2.75, 3.05) is 0 Å². The number of unbranched alkanes of at least 4 members (excludes halogenated alkanes) is 1. The van der Waals surface area contributed by atoms with Gasteiger partial charge < -0.3 is 5.11 Å². The van der Waals surface area contributed by atoms with Crippen molar-refractivity contribution in [3.8, 4) is 0 Å². The Bertz CT molecular complexity index is 141. The maximum absolute atomic E-state index is 11.5. The lowest BCUT2D eigenvalue weighted by atomic mass is 9.90. The molecule has 0 bridgehead atoms. The van der Waals surface area contributed by atoms with Gasteiger partial charge in [0.25, 0.3) is 0 Å². The topological polar surface area (TPSA) is 37.3 Å². The molecule has 0 aliphatic rings. The Hall–Kier alpha value is -0.370. The van der Waals surface area contributed by atoms with Crippen LogP contribution in [0.5, 0.6) is 0 Å². The van der Waals surface area contributed by atoms with E-state index in [1.807, 2.05) is 6.92 Å². The summed E-state index contributed by atoms with van der Waals surface area (Å²) in [4.78, 5) is 11.5. The van der Waals surface area contributed by atoms with E-state index in [4.69, 9.17) is 0 Å². The average molecular weight is 186 g/mol. The van der Waals surface area contributed by atoms with E-state index < -0.39 is 6.10 Å². The minimum absolute atomic E-state index is 0.125. The second kappa shape index (κ2) is 7.07. The van der Waals surface area contributed by atoms with Crippen LogP contribution in [0.15, 0.2) is 0 Å². The molecule has 0 fully saturated rings. The van der Waals surface area contributed by atoms with Crippen molar-refractivity contribution in [3.05, 3.63) is 0 Å². The first-order valence-electron chi connectivity index (χ1n) is 5.34. The number of carbonyl (C=O) groups is 1. The number of hydrogen-bond acceptors (Lipinski definition) is 2. The summed E-state index contributed by atoms with van der Waals surface area (Å²) in [7, 11) is 0. The summed E-state index contributed by atoms with van der Waals surface area (Å²) in [5, 5.41) is 9.41. The van der Waals surface area contributed by atoms with Crippen LogP contribution in [0.2, 0.25) is 0 Å². The van der Waals surface area contributed by atoms with E-state index in [0.717, 1.165) is 25.7 Å². The third kappa shape index (κ3) is 5.04. The Kier molecular flexibility index (Phi) is 6.87. The number of ketones is 1. The highest BCUT2D eigenvalue weighted by molar-refractivity contribution is 5.81. The van der Waals surface area contributed by atoms with E-state index in [9.17, 15) is 9.90 Å². The zero-order valence-electron chi connectivity index (χ0n) is 9.05. The SMILES string of the molecule is CCCCC(C(=O)CCC)C(C)O. The number of aliphatic hydroxyl groups excluding tert-OH is 1. The maximum atomic E-state index is 11.5. The summed E-state index contributed by atoms with van der Waals surface area (Å²) in [5.74, 6) is 0.103. The molecule has 0 saturated carbocycles. The van der Waals surface area contributed by atoms with E-state index in [0.29, 0.717) is 6.42 Å². The zero-order valence-corrected chi connectivity index (χ0v) is 9.05. The standard InChI is InChI=1S/C11H22O2/c1-4-6-8-10(9(3)12)11(13)7-5-2/h9-10,12H,4-8H2,1-3H3. The zero-order chi connectivity index (χ0) is 10.3. The van der Waals surface area contributed by atoms with Crippen molar-refractivity contribution in [1.29, 1.82) is 0 Å². The highest BCUT2D eigenvalue weighted by atomic mass is 16.3. The highest BCUT2D eigenvalue weighted by Gasteiger charge is 2.21. The van der Waals surface area contributed by atoms with E-state index in [1.165, 1.54) is 0 Å². The fourth-order valence-corrected chi connectivity index (χ4v) is 1.53. The van der Waals surface area contributed by atoms with Crippen LogP contribution < -0.4 is 0 Å². The van der Waals surface area contributed by atoms with Crippen molar-refractivity contribution in [2.45, 2.75) is 59.0 Å². The van der Waals surface area contributed by atoms with Gasteiger partial charge in [0.15, 0.2) is 0 Å². The van der Waals surface area contributed by atoms with Gasteiger partial charge in [0.2, 0.25) is 0 Å². The van der Waals surface area contributed by atoms with Crippen LogP contribution in [0.25, 0.3) is 0 Å². The molecule has 0 aliphatic heterocycles. The minimum atomic E-state index is -0.481. The van der Waals surface area contributed by atoms with Gasteiger partial charge in [-0.25, -0.2) is 0 Å². The summed E-state index contributed by atoms with van der Waals surface area (Å²) < 4.78 is 0. The molecule has 2 unspecified atom stereocenters. The molecule has 78 valence electrons. The van der Waals surface area contributed by atoms with Crippen molar-refractivity contribution in [3.63, 3.8) is 0 Å². The van der Waals surface area contributed by atoms with Gasteiger partial charge in [-0.3, -0.25) is 4.79 Å². The predicted octanol–water partition coefficient (Wildman–Crippen LogP) is 2.54. The Labute approximate surface area is 81.3 Å². The van der Waals surface area contributed by atoms with Crippen LogP contribution in [0, 0.1) is 5.92 Å². The molecule has 0 rings (SSSR count). The quantitative estimate of drug-likeness (QED) is 0.663. The molecule has 1 N–H and O–H groups in total. The van der Waals surface area contributed by atoms with Gasteiger partial charge in [0.1, 0.15) is 5.78 Å². The maximum Gasteiger partial charge on any atom is 0.138 e. The van der Waals surface area contributed by atoms with E-state index in [2.05, 4.69) is 6.92 Å². The Morgan fingerprint density at radius 1 is 1.31 bits per heavy atom. The molecule has 2 atom stereocenters. The Morgan fingerprint density at radius 2 is 1.92 bits per heavy atom. The van der Waals surface area contributed by atoms with Crippen molar-refractivity contribution in [2.24, 2.45) is 5.92 Å². The third-order valence-corrected chi connectivity index (χ3v) is 2.36. The lowest BCUT2D eigenvalue weighted by Crippen LogP contribution is -2.25. The lowest BCUT2D eigenvalue weighted by Gasteiger charge is -2.17. The van der Waals surface area contributed by atoms with Gasteiger partial charge in [-0.15, -0.1) is 0 Å². The monoisotopic (exact) mass is 186 g/mol. The van der Waals surface area contributed by atoms with Gasteiger partial charge in [0.05, 0.1) is 6.10 Å². The number of carbonyl (C=O) groups excluding carboxylic acids is 1. The molecule has 2 heteroatoms. The van der Waals surface area contributed by atoms with Gasteiger partial charge in [-0.1, -0.05) is 26.7 Å². The van der Waals surface area contributed by atoms with Gasteiger partial charge in [-0.2, -0.15) is 0 Å². The number of Topliss-reactive ketones (excluding diaryl/α,β-unsaturated/α-hetero) is 1. The molecule has 0 aromatic heterocycles. The largest absolute Gasteiger partial charge is 0.393 e. The van der Waals surface area contributed by atoms with Crippen LogP contribution in [0.1, 0.15) is 52.9 Å². The molecular formula is C11H22O2. The second-order valence-electron chi connectivity index (χ2n) is 3.71. The molecule has 0 aromatic carbocycles. The van der Waals surface area contributed by atoms with Crippen molar-refractivity contribution >= 4 is 5.78 Å². The average Bonchev–Trinajstić information content (AvgIpc) is 2.05. The van der Waals surface area contributed by atoms with Crippen LogP contribution in [0.4, 0.5) is 0 Å². The fourth-order valence-electron chi connectivity index (χ4n) is 1.53. The van der Waals surface area contributed by atoms with E-state index in [1.54, 1.807) is 6.92 Å². The summed E-state index contributed by atoms with van der Waals surface area (Å²) in [5.41, 5.74) is 0. The van der Waals surface area contributed by atoms with Crippen molar-refractivity contribution in [1.82, 2.24) is 0 Å². The molecule has 0 heterocycles. The second-order valence-corrected chi connectivity index (χ2v) is 3.71. The van der Waals surface area contributed by atoms with E-state index in [-0.39, 0.29) is 11.7 Å². The highest BCUT2D eigenvalue weighted by Crippen LogP contribution is 2.16. The first-order chi connectivity index (χ1) is 6.13. The summed E-state index contributed by atoms with van der Waals surface area (Å²) in [6.45, 7) is 5.81. The van der Waals surface area contributed by atoms with Gasteiger partial charge in [-0.05, 0) is 19.8 Å². The van der Waals surface area contributed by atoms with Crippen LogP contribution >= 0.6 is 0 Å². The van der Waals surface area contributed by atoms with Gasteiger partial charge in [0, 0.05) is 12.3 Å². The summed E-state index contributed by atoms with van der Waals surface area (Å²) >= 11 is 0. The van der Waals surface area contributed by atoms with Crippen LogP contribution in [-0.2, 0) is 4.79 Å². The van der Waals surface area contributed by atoms with E-state index >= 15 is 0 Å². The Balaban J connectivity index is 3.99. The lowest BCUT2D eigenvalue weighted by molar-refractivity contribution is -0.126. The van der Waals surface area contributed by atoms with Crippen LogP contribution in [-0.4, -0.2) is 17.0 Å². The first kappa shape index (κ1) is 12.6. The molecule has 0 aliphatic carbocycles. The van der Waals surface area contributed by atoms with Crippen molar-refractivity contribution < 1.29 is 9.90 Å². The first-order valence-corrected chi connectivity index (χ1v) is 5.34. The summed E-state index contributed by atoms with van der Waals surface area (Å²) in [6, 6.07) is 0. The summed E-state index contributed by atoms with van der Waals surface area (Å²) in [6.07, 6.45) is 3.97. The molecule has 0 amide bonds. The molecule has 0 spiro atoms. The fraction of sp³-hybridized carbons (Fsp3) is 0.909. The molecule has 0 saturated heterocycles. The normalized spacial score (nSPS) is 15.4. The molecule has 0 radical (unpaired) electrons. The predicted molar refractivity (Wildman–Crippen MR) is 54.6 cm³/mol. The number of rotatable bonds is 7. The number of aliphatic hydroxyl groups is 1. The van der Waals surface area contributed by atoms with Crippen LogP contribution in [0.3, 0.4) is 0 Å². The number of hydrogen-bond donors (Lipinski definition) is 1. The molecule has 2 nitrogen and oxygen atoms in total. The molecular weight excluding hydrogens is 164 g/mol. The smallest absolute Gasteiger partial charge is 0.138 e. The van der Waals surface area contributed by atoms with Gasteiger partial charge >= 0.3 is 0 Å². The molecule has 13 heavy (non-hydrogen) atoms. The minimum Gasteiger partial charge on any atom is -0.393 e. The molecule has 0 aromatic rings. The Morgan fingerprint density at radius 3 is 2.31 bits per heavy atom.